The summed E-state index contributed by atoms with van der Waals surface area (Å²) in [5.74, 6) is -0.477. The number of piperazine rings is 1. The van der Waals surface area contributed by atoms with Crippen LogP contribution in [0.15, 0.2) is 30.7 Å². The minimum atomic E-state index is -4.68. The summed E-state index contributed by atoms with van der Waals surface area (Å²) >= 11 is 0. The van der Waals surface area contributed by atoms with Gasteiger partial charge in [-0.1, -0.05) is 13.8 Å². The molecule has 0 aliphatic carbocycles. The summed E-state index contributed by atoms with van der Waals surface area (Å²) in [4.78, 5) is 42.8. The molecule has 0 aromatic carbocycles. The van der Waals surface area contributed by atoms with E-state index < -0.39 is 23.6 Å². The number of aliphatic carboxylic acids is 1. The van der Waals surface area contributed by atoms with E-state index in [1.54, 1.807) is 32.5 Å². The van der Waals surface area contributed by atoms with Crippen molar-refractivity contribution in [2.75, 3.05) is 76.4 Å². The molecule has 4 aromatic rings. The van der Waals surface area contributed by atoms with Crippen LogP contribution in [0.4, 0.5) is 24.7 Å². The van der Waals surface area contributed by atoms with Gasteiger partial charge in [0.1, 0.15) is 22.6 Å². The van der Waals surface area contributed by atoms with Crippen molar-refractivity contribution in [3.8, 4) is 28.7 Å². The van der Waals surface area contributed by atoms with Gasteiger partial charge < -0.3 is 34.2 Å². The summed E-state index contributed by atoms with van der Waals surface area (Å²) in [6.07, 6.45) is -0.113. The second-order valence-corrected chi connectivity index (χ2v) is 12.5. The van der Waals surface area contributed by atoms with Gasteiger partial charge in [-0.15, -0.1) is 0 Å². The maximum atomic E-state index is 14.0. The van der Waals surface area contributed by atoms with Crippen LogP contribution in [0.3, 0.4) is 0 Å². The molecule has 17 heteroatoms. The number of carbonyl (C=O) groups is 1. The van der Waals surface area contributed by atoms with Gasteiger partial charge in [0.15, 0.2) is 11.5 Å². The number of pyridine rings is 2. The van der Waals surface area contributed by atoms with Crippen molar-refractivity contribution in [3.63, 3.8) is 0 Å². The van der Waals surface area contributed by atoms with Crippen LogP contribution in [-0.2, 0) is 15.7 Å². The van der Waals surface area contributed by atoms with Gasteiger partial charge in [0, 0.05) is 76.6 Å². The molecular formula is C32H39F3N9NaO4. The number of fused-ring (bicyclic) bond motifs is 1. The number of nitrogens with zero attached hydrogens (tertiary/aromatic N) is 8. The average Bonchev–Trinajstić information content (AvgIpc) is 3.47. The Morgan fingerprint density at radius 3 is 2.39 bits per heavy atom. The summed E-state index contributed by atoms with van der Waals surface area (Å²) in [7, 11) is 3.52. The van der Waals surface area contributed by atoms with E-state index in [1.807, 2.05) is 11.9 Å². The molecule has 0 unspecified atom stereocenters. The molecule has 4 aromatic heterocycles. The molecule has 0 bridgehead atoms. The minimum absolute atomic E-state index is 0. The van der Waals surface area contributed by atoms with Gasteiger partial charge >= 0.3 is 35.7 Å². The van der Waals surface area contributed by atoms with E-state index >= 15 is 0 Å². The van der Waals surface area contributed by atoms with Crippen molar-refractivity contribution < 1.29 is 62.1 Å². The van der Waals surface area contributed by atoms with Crippen LogP contribution in [0.1, 0.15) is 32.8 Å². The van der Waals surface area contributed by atoms with Crippen molar-refractivity contribution in [2.24, 2.45) is 5.41 Å². The third kappa shape index (κ3) is 9.36. The number of anilines is 2. The van der Waals surface area contributed by atoms with Gasteiger partial charge in [-0.2, -0.15) is 13.2 Å². The number of nitrogens with one attached hydrogen (secondary N) is 1. The molecule has 49 heavy (non-hydrogen) atoms. The van der Waals surface area contributed by atoms with Gasteiger partial charge in [0.2, 0.25) is 5.88 Å². The van der Waals surface area contributed by atoms with Crippen LogP contribution in [0.2, 0.25) is 0 Å². The smallest absolute Gasteiger partial charge is 0.550 e. The second-order valence-electron chi connectivity index (χ2n) is 12.5. The zero-order valence-electron chi connectivity index (χ0n) is 28.6. The monoisotopic (exact) mass is 693 g/mol. The Bertz CT molecular complexity index is 1730. The Hall–Kier alpha value is -3.57. The first-order valence-corrected chi connectivity index (χ1v) is 15.6. The first kappa shape index (κ1) is 38.2. The maximum Gasteiger partial charge on any atom is 1.00 e. The quantitative estimate of drug-likeness (QED) is 0.192. The van der Waals surface area contributed by atoms with Crippen LogP contribution >= 0.6 is 0 Å². The molecule has 1 N–H and O–H groups in total. The fourth-order valence-electron chi connectivity index (χ4n) is 5.81. The van der Waals surface area contributed by atoms with Gasteiger partial charge in [-0.05, 0) is 25.5 Å². The molecule has 1 fully saturated rings. The van der Waals surface area contributed by atoms with Crippen molar-refractivity contribution in [3.05, 3.63) is 36.3 Å². The third-order valence-corrected chi connectivity index (χ3v) is 7.99. The van der Waals surface area contributed by atoms with Gasteiger partial charge in [0.05, 0.1) is 37.0 Å². The topological polar surface area (TPSA) is 149 Å². The molecular weight excluding hydrogens is 654 g/mol. The Kier molecular flexibility index (Phi) is 12.5. The number of aromatic nitrogens is 6. The molecule has 0 spiro atoms. The van der Waals surface area contributed by atoms with Crippen LogP contribution < -0.4 is 49.2 Å². The normalized spacial score (nSPS) is 14.2. The summed E-state index contributed by atoms with van der Waals surface area (Å²) in [6.45, 7) is 9.96. The van der Waals surface area contributed by atoms with E-state index in [0.29, 0.717) is 74.4 Å². The maximum absolute atomic E-state index is 14.0. The molecule has 0 atom stereocenters. The van der Waals surface area contributed by atoms with Crippen molar-refractivity contribution in [2.45, 2.75) is 33.4 Å². The number of imidazole rings is 1. The number of hydrogen-bond acceptors (Lipinski definition) is 12. The fourth-order valence-corrected chi connectivity index (χ4v) is 5.81. The molecule has 5 rings (SSSR count). The van der Waals surface area contributed by atoms with Crippen LogP contribution in [-0.4, -0.2) is 107 Å². The molecule has 1 aliphatic heterocycles. The first-order valence-electron chi connectivity index (χ1n) is 15.6. The van der Waals surface area contributed by atoms with E-state index in [2.05, 4.69) is 53.6 Å². The largest absolute Gasteiger partial charge is 1.00 e. The summed E-state index contributed by atoms with van der Waals surface area (Å²) < 4.78 is 52.5. The van der Waals surface area contributed by atoms with Crippen molar-refractivity contribution in [1.29, 1.82) is 0 Å². The van der Waals surface area contributed by atoms with E-state index in [0.717, 1.165) is 6.07 Å². The number of hydrogen-bond donors (Lipinski definition) is 1. The SMILES string of the molecule is CCOc1ncc(-c2cc(N(C)CC(C)(C)COC)c3[nH]c(-c4cnc(N5CCN(CCC(=O)[O-])CC5)cn4)nc3n2)cc1C(F)(F)F.[Na+]. The van der Waals surface area contributed by atoms with Gasteiger partial charge in [-0.25, -0.2) is 24.9 Å². The molecule has 0 amide bonds. The standard InChI is InChI=1S/C32H40F3N9O4.Na/c1-6-48-30-21(32(33,34)35)13-20(15-38-30)22-14-24(42(4)18-31(2,3)19-47-5)27-29(39-22)41-28(40-27)23-16-37-25(17-36-23)44-11-9-43(10-12-44)8-7-26(45)46;/h13-17H,6-12,18-19H2,1-5H3,(H,45,46)(H,39,40,41);/q;+1/p-1. The number of rotatable bonds is 13. The number of carboxylic acid groups (broad SMARTS) is 1. The van der Waals surface area contributed by atoms with Crippen LogP contribution in [0.5, 0.6) is 5.88 Å². The second kappa shape index (κ2) is 16.0. The molecule has 1 aliphatic rings. The molecule has 0 radical (unpaired) electrons. The number of carboxylic acids is 1. The molecule has 258 valence electrons. The number of ether oxygens (including phenoxy) is 2. The first-order chi connectivity index (χ1) is 22.8. The Morgan fingerprint density at radius 1 is 1.04 bits per heavy atom. The zero-order chi connectivity index (χ0) is 34.6. The number of halogens is 3. The molecule has 5 heterocycles. The minimum Gasteiger partial charge on any atom is -0.550 e. The summed E-state index contributed by atoms with van der Waals surface area (Å²) in [5, 5.41) is 10.8. The number of carbonyl (C=O) groups excluding carboxylic acids is 1. The Balaban J connectivity index is 0.00000541. The van der Waals surface area contributed by atoms with Gasteiger partial charge in [-0.3, -0.25) is 4.90 Å². The average molecular weight is 694 g/mol. The van der Waals surface area contributed by atoms with Crippen molar-refractivity contribution in [1.82, 2.24) is 34.8 Å². The van der Waals surface area contributed by atoms with E-state index in [4.69, 9.17) is 9.47 Å². The Labute approximate surface area is 304 Å². The molecule has 13 nitrogen and oxygen atoms in total. The van der Waals surface area contributed by atoms with E-state index in [-0.39, 0.29) is 64.9 Å². The molecule has 0 saturated carbocycles. The predicted octanol–water partition coefficient (Wildman–Crippen LogP) is 0.269. The van der Waals surface area contributed by atoms with Crippen molar-refractivity contribution >= 4 is 28.6 Å². The van der Waals surface area contributed by atoms with E-state index in [9.17, 15) is 23.1 Å². The number of alkyl halides is 3. The summed E-state index contributed by atoms with van der Waals surface area (Å²) in [5.41, 5.74) is 1.17. The number of aromatic amines is 1. The Morgan fingerprint density at radius 2 is 1.78 bits per heavy atom. The van der Waals surface area contributed by atoms with Crippen LogP contribution in [0, 0.1) is 5.41 Å². The van der Waals surface area contributed by atoms with Gasteiger partial charge in [0.25, 0.3) is 0 Å². The van der Waals surface area contributed by atoms with Crippen LogP contribution in [0.25, 0.3) is 33.9 Å². The summed E-state index contributed by atoms with van der Waals surface area (Å²) in [6, 6.07) is 2.71. The fraction of sp³-hybridized carbons (Fsp3) is 0.500. The predicted molar refractivity (Wildman–Crippen MR) is 172 cm³/mol. The number of methoxy groups -OCH3 is 1. The van der Waals surface area contributed by atoms with E-state index in [1.165, 1.54) is 6.20 Å². The third-order valence-electron chi connectivity index (χ3n) is 7.99. The molecule has 1 saturated heterocycles. The number of H-pyrrole nitrogens is 1. The zero-order valence-corrected chi connectivity index (χ0v) is 30.6.